The van der Waals surface area contributed by atoms with E-state index in [-0.39, 0.29) is 5.69 Å². The van der Waals surface area contributed by atoms with Gasteiger partial charge in [-0.1, -0.05) is 12.1 Å². The van der Waals surface area contributed by atoms with E-state index in [0.29, 0.717) is 12.3 Å². The van der Waals surface area contributed by atoms with Gasteiger partial charge in [0.05, 0.1) is 12.3 Å². The number of aromatic amines is 1. The zero-order valence-corrected chi connectivity index (χ0v) is 9.30. The number of hydrogen-bond acceptors (Lipinski definition) is 3. The Balaban J connectivity index is 2.31. The van der Waals surface area contributed by atoms with Crippen LogP contribution < -0.4 is 4.74 Å². The van der Waals surface area contributed by atoms with E-state index >= 15 is 0 Å². The SMILES string of the molecule is CCOc1cccc(-c2cc(C(=O)O)[nH]n2)c1. The van der Waals surface area contributed by atoms with Gasteiger partial charge < -0.3 is 9.84 Å². The van der Waals surface area contributed by atoms with Crippen molar-refractivity contribution >= 4 is 5.97 Å². The number of carboxylic acid groups (broad SMARTS) is 1. The van der Waals surface area contributed by atoms with Gasteiger partial charge in [-0.15, -0.1) is 0 Å². The molecule has 17 heavy (non-hydrogen) atoms. The van der Waals surface area contributed by atoms with Gasteiger partial charge in [0.2, 0.25) is 0 Å². The highest BCUT2D eigenvalue weighted by Crippen LogP contribution is 2.22. The number of hydrogen-bond donors (Lipinski definition) is 2. The molecule has 0 saturated heterocycles. The molecule has 1 aromatic heterocycles. The minimum atomic E-state index is -1.02. The quantitative estimate of drug-likeness (QED) is 0.847. The van der Waals surface area contributed by atoms with Crippen LogP contribution in [0, 0.1) is 0 Å². The Morgan fingerprint density at radius 3 is 2.94 bits per heavy atom. The van der Waals surface area contributed by atoms with Gasteiger partial charge in [-0.25, -0.2) is 4.79 Å². The Labute approximate surface area is 98.0 Å². The van der Waals surface area contributed by atoms with E-state index in [9.17, 15) is 4.79 Å². The third-order valence-electron chi connectivity index (χ3n) is 2.25. The van der Waals surface area contributed by atoms with Crippen molar-refractivity contribution in [3.8, 4) is 17.0 Å². The van der Waals surface area contributed by atoms with Crippen molar-refractivity contribution in [2.45, 2.75) is 6.92 Å². The highest BCUT2D eigenvalue weighted by Gasteiger charge is 2.09. The molecule has 0 amide bonds. The Bertz CT molecular complexity index is 534. The number of carboxylic acids is 1. The number of H-pyrrole nitrogens is 1. The summed E-state index contributed by atoms with van der Waals surface area (Å²) in [4.78, 5) is 10.7. The van der Waals surface area contributed by atoms with E-state index in [1.807, 2.05) is 31.2 Å². The second-order valence-electron chi connectivity index (χ2n) is 3.43. The van der Waals surface area contributed by atoms with Crippen LogP contribution >= 0.6 is 0 Å². The molecule has 1 heterocycles. The van der Waals surface area contributed by atoms with Crippen LogP contribution in [0.1, 0.15) is 17.4 Å². The summed E-state index contributed by atoms with van der Waals surface area (Å²) in [6.07, 6.45) is 0. The summed E-state index contributed by atoms with van der Waals surface area (Å²) in [6.45, 7) is 2.49. The fourth-order valence-electron chi connectivity index (χ4n) is 1.49. The van der Waals surface area contributed by atoms with Crippen molar-refractivity contribution < 1.29 is 14.6 Å². The Morgan fingerprint density at radius 2 is 2.29 bits per heavy atom. The van der Waals surface area contributed by atoms with Crippen molar-refractivity contribution in [1.82, 2.24) is 10.2 Å². The van der Waals surface area contributed by atoms with Gasteiger partial charge in [-0.3, -0.25) is 5.10 Å². The first kappa shape index (κ1) is 11.2. The maximum Gasteiger partial charge on any atom is 0.353 e. The maximum absolute atomic E-state index is 10.7. The van der Waals surface area contributed by atoms with Crippen LogP contribution in [0.15, 0.2) is 30.3 Å². The number of ether oxygens (including phenoxy) is 1. The van der Waals surface area contributed by atoms with E-state index in [2.05, 4.69) is 10.2 Å². The van der Waals surface area contributed by atoms with Crippen LogP contribution in [-0.2, 0) is 0 Å². The fraction of sp³-hybridized carbons (Fsp3) is 0.167. The molecule has 1 aromatic carbocycles. The lowest BCUT2D eigenvalue weighted by Crippen LogP contribution is -1.95. The first-order valence-electron chi connectivity index (χ1n) is 5.22. The van der Waals surface area contributed by atoms with E-state index < -0.39 is 5.97 Å². The number of aromatic nitrogens is 2. The largest absolute Gasteiger partial charge is 0.494 e. The molecule has 88 valence electrons. The van der Waals surface area contributed by atoms with Crippen molar-refractivity contribution in [2.24, 2.45) is 0 Å². The summed E-state index contributed by atoms with van der Waals surface area (Å²) in [6, 6.07) is 8.86. The van der Waals surface area contributed by atoms with Gasteiger partial charge in [0.1, 0.15) is 11.4 Å². The lowest BCUT2D eigenvalue weighted by atomic mass is 10.1. The molecule has 2 N–H and O–H groups in total. The van der Waals surface area contributed by atoms with Crippen LogP contribution in [-0.4, -0.2) is 27.9 Å². The summed E-state index contributed by atoms with van der Waals surface area (Å²) < 4.78 is 5.37. The maximum atomic E-state index is 10.7. The molecule has 5 heteroatoms. The van der Waals surface area contributed by atoms with Gasteiger partial charge in [0, 0.05) is 5.56 Å². The zero-order valence-electron chi connectivity index (χ0n) is 9.30. The highest BCUT2D eigenvalue weighted by atomic mass is 16.5. The molecule has 0 fully saturated rings. The van der Waals surface area contributed by atoms with Crippen molar-refractivity contribution in [2.75, 3.05) is 6.61 Å². The fourth-order valence-corrected chi connectivity index (χ4v) is 1.49. The van der Waals surface area contributed by atoms with Gasteiger partial charge in [-0.05, 0) is 25.1 Å². The topological polar surface area (TPSA) is 75.2 Å². The van der Waals surface area contributed by atoms with Gasteiger partial charge in [0.15, 0.2) is 0 Å². The Morgan fingerprint density at radius 1 is 1.47 bits per heavy atom. The molecule has 0 bridgehead atoms. The molecular formula is C12H12N2O3. The average molecular weight is 232 g/mol. The number of aromatic carboxylic acids is 1. The second kappa shape index (κ2) is 4.69. The summed E-state index contributed by atoms with van der Waals surface area (Å²) in [5.74, 6) is -0.283. The summed E-state index contributed by atoms with van der Waals surface area (Å²) >= 11 is 0. The lowest BCUT2D eigenvalue weighted by Gasteiger charge is -2.03. The minimum absolute atomic E-state index is 0.0711. The molecule has 0 radical (unpaired) electrons. The molecule has 2 rings (SSSR count). The average Bonchev–Trinajstić information content (AvgIpc) is 2.79. The highest BCUT2D eigenvalue weighted by molar-refractivity contribution is 5.86. The van der Waals surface area contributed by atoms with Crippen LogP contribution in [0.25, 0.3) is 11.3 Å². The lowest BCUT2D eigenvalue weighted by molar-refractivity contribution is 0.0690. The van der Waals surface area contributed by atoms with Gasteiger partial charge >= 0.3 is 5.97 Å². The molecule has 0 atom stereocenters. The molecule has 0 unspecified atom stereocenters. The molecule has 0 spiro atoms. The third kappa shape index (κ3) is 2.44. The molecule has 5 nitrogen and oxygen atoms in total. The standard InChI is InChI=1S/C12H12N2O3/c1-2-17-9-5-3-4-8(6-9)10-7-11(12(15)16)14-13-10/h3-7H,2H2,1H3,(H,13,14)(H,15,16). The first-order chi connectivity index (χ1) is 8.20. The summed E-state index contributed by atoms with van der Waals surface area (Å²) in [7, 11) is 0. The van der Waals surface area contributed by atoms with E-state index in [1.165, 1.54) is 6.07 Å². The monoisotopic (exact) mass is 232 g/mol. The molecule has 0 aliphatic carbocycles. The molecule has 2 aromatic rings. The van der Waals surface area contributed by atoms with Crippen molar-refractivity contribution in [3.63, 3.8) is 0 Å². The van der Waals surface area contributed by atoms with E-state index in [1.54, 1.807) is 0 Å². The van der Waals surface area contributed by atoms with Gasteiger partial charge in [0.25, 0.3) is 0 Å². The summed E-state index contributed by atoms with van der Waals surface area (Å²) in [5.41, 5.74) is 1.48. The molecule has 0 aliphatic rings. The number of rotatable bonds is 4. The van der Waals surface area contributed by atoms with Crippen LogP contribution in [0.3, 0.4) is 0 Å². The van der Waals surface area contributed by atoms with Crippen LogP contribution in [0.4, 0.5) is 0 Å². The van der Waals surface area contributed by atoms with Crippen LogP contribution in [0.5, 0.6) is 5.75 Å². The second-order valence-corrected chi connectivity index (χ2v) is 3.43. The minimum Gasteiger partial charge on any atom is -0.494 e. The number of benzene rings is 1. The third-order valence-corrected chi connectivity index (χ3v) is 2.25. The normalized spacial score (nSPS) is 10.2. The first-order valence-corrected chi connectivity index (χ1v) is 5.22. The zero-order chi connectivity index (χ0) is 12.3. The number of nitrogens with one attached hydrogen (secondary N) is 1. The Hall–Kier alpha value is -2.30. The van der Waals surface area contributed by atoms with E-state index in [0.717, 1.165) is 11.3 Å². The predicted molar refractivity (Wildman–Crippen MR) is 62.2 cm³/mol. The predicted octanol–water partition coefficient (Wildman–Crippen LogP) is 2.17. The molecule has 0 saturated carbocycles. The Kier molecular flexibility index (Phi) is 3.09. The number of nitrogens with zero attached hydrogens (tertiary/aromatic N) is 1. The van der Waals surface area contributed by atoms with Crippen LogP contribution in [0.2, 0.25) is 0 Å². The smallest absolute Gasteiger partial charge is 0.353 e. The van der Waals surface area contributed by atoms with Crippen molar-refractivity contribution in [1.29, 1.82) is 0 Å². The molecule has 0 aliphatic heterocycles. The van der Waals surface area contributed by atoms with E-state index in [4.69, 9.17) is 9.84 Å². The summed E-state index contributed by atoms with van der Waals surface area (Å²) in [5, 5.41) is 15.2. The van der Waals surface area contributed by atoms with Gasteiger partial charge in [-0.2, -0.15) is 5.10 Å². The van der Waals surface area contributed by atoms with Crippen molar-refractivity contribution in [3.05, 3.63) is 36.0 Å². The molecular weight excluding hydrogens is 220 g/mol. The number of carbonyl (C=O) groups is 1.